The van der Waals surface area contributed by atoms with Gasteiger partial charge in [0, 0.05) is 6.54 Å². The number of anilines is 2. The number of hydrogen-bond donors (Lipinski definition) is 3. The summed E-state index contributed by atoms with van der Waals surface area (Å²) >= 11 is 0. The number of azo groups is 1. The molecule has 1 unspecified atom stereocenters. The summed E-state index contributed by atoms with van der Waals surface area (Å²) in [5, 5.41) is 13.0. The Labute approximate surface area is 208 Å². The summed E-state index contributed by atoms with van der Waals surface area (Å²) in [4.78, 5) is 41.6. The molecule has 13 heteroatoms. The van der Waals surface area contributed by atoms with E-state index in [1.807, 2.05) is 6.07 Å². The van der Waals surface area contributed by atoms with Crippen LogP contribution in [0, 0.1) is 0 Å². The van der Waals surface area contributed by atoms with E-state index in [1.54, 1.807) is 45.0 Å². The zero-order valence-corrected chi connectivity index (χ0v) is 20.3. The van der Waals surface area contributed by atoms with E-state index in [0.29, 0.717) is 12.3 Å². The van der Waals surface area contributed by atoms with Gasteiger partial charge in [-0.15, -0.1) is 5.11 Å². The first-order chi connectivity index (χ1) is 17.1. The summed E-state index contributed by atoms with van der Waals surface area (Å²) in [6.07, 6.45) is -1.93. The van der Waals surface area contributed by atoms with Gasteiger partial charge in [-0.3, -0.25) is 4.79 Å². The fraction of sp³-hybridized carbons (Fsp3) is 0.391. The first kappa shape index (κ1) is 26.3. The summed E-state index contributed by atoms with van der Waals surface area (Å²) in [6.45, 7) is 5.63. The van der Waals surface area contributed by atoms with Crippen molar-refractivity contribution in [3.8, 4) is 5.75 Å². The molecule has 192 valence electrons. The number of carbonyl (C=O) groups excluding carboxylic acids is 3. The second-order valence-corrected chi connectivity index (χ2v) is 8.67. The molecule has 36 heavy (non-hydrogen) atoms. The second kappa shape index (κ2) is 11.9. The molecular formula is C23H29N7O6. The molecule has 3 rings (SSSR count). The van der Waals surface area contributed by atoms with Gasteiger partial charge in [-0.1, -0.05) is 18.2 Å². The van der Waals surface area contributed by atoms with Crippen LogP contribution in [0.25, 0.3) is 0 Å². The van der Waals surface area contributed by atoms with Gasteiger partial charge in [-0.2, -0.15) is 5.11 Å². The van der Waals surface area contributed by atoms with Crippen LogP contribution in [0.4, 0.5) is 26.9 Å². The zero-order valence-electron chi connectivity index (χ0n) is 20.3. The van der Waals surface area contributed by atoms with Crippen LogP contribution in [-0.2, 0) is 14.3 Å². The molecule has 1 aromatic heterocycles. The second-order valence-electron chi connectivity index (χ2n) is 8.67. The van der Waals surface area contributed by atoms with E-state index < -0.39 is 29.9 Å². The number of carbonyl (C=O) groups is 3. The fourth-order valence-corrected chi connectivity index (χ4v) is 2.92. The number of alkyl carbamates (subject to hydrolysis) is 1. The quantitative estimate of drug-likeness (QED) is 0.509. The lowest BCUT2D eigenvalue weighted by atomic mass is 10.2. The van der Waals surface area contributed by atoms with E-state index in [4.69, 9.17) is 19.9 Å². The van der Waals surface area contributed by atoms with Crippen LogP contribution in [-0.4, -0.2) is 66.0 Å². The maximum absolute atomic E-state index is 12.4. The van der Waals surface area contributed by atoms with Crippen molar-refractivity contribution >= 4 is 35.4 Å². The Balaban J connectivity index is 1.50. The summed E-state index contributed by atoms with van der Waals surface area (Å²) in [5.74, 6) is 0.123. The van der Waals surface area contributed by atoms with Crippen LogP contribution in [0.3, 0.4) is 0 Å². The van der Waals surface area contributed by atoms with Gasteiger partial charge in [-0.05, 0) is 45.0 Å². The number of nitrogens with two attached hydrogens (primary N) is 1. The minimum Gasteiger partial charge on any atom is -0.444 e. The summed E-state index contributed by atoms with van der Waals surface area (Å²) < 4.78 is 16.0. The highest BCUT2D eigenvalue weighted by Crippen LogP contribution is 2.23. The number of benzene rings is 1. The molecule has 1 aliphatic heterocycles. The standard InChI is InChI=1S/C23H29N7O6/c1-23(2,3)36-21(32)25-13-18(31)26-17-10-9-16(20(24)27-17)28-29-19-14-30(11-12-34-19)22(33)35-15-7-5-4-6-8-15/h4-10,19H,11-14H2,1-3H3,(H,25,32)(H3,24,26,27,31). The third kappa shape index (κ3) is 8.51. The molecule has 1 fully saturated rings. The highest BCUT2D eigenvalue weighted by molar-refractivity contribution is 5.93. The van der Waals surface area contributed by atoms with Crippen LogP contribution < -0.4 is 21.1 Å². The number of hydrogen-bond acceptors (Lipinski definition) is 10. The van der Waals surface area contributed by atoms with Crippen molar-refractivity contribution in [2.75, 3.05) is 37.3 Å². The molecule has 1 aromatic carbocycles. The molecule has 4 N–H and O–H groups in total. The molecule has 13 nitrogen and oxygen atoms in total. The fourth-order valence-electron chi connectivity index (χ4n) is 2.92. The van der Waals surface area contributed by atoms with Crippen molar-refractivity contribution in [1.29, 1.82) is 0 Å². The van der Waals surface area contributed by atoms with Crippen LogP contribution in [0.1, 0.15) is 20.8 Å². The van der Waals surface area contributed by atoms with Gasteiger partial charge < -0.3 is 35.5 Å². The van der Waals surface area contributed by atoms with Crippen molar-refractivity contribution in [2.45, 2.75) is 32.6 Å². The summed E-state index contributed by atoms with van der Waals surface area (Å²) in [5.41, 5.74) is 5.52. The van der Waals surface area contributed by atoms with Crippen molar-refractivity contribution < 1.29 is 28.6 Å². The Morgan fingerprint density at radius 2 is 1.94 bits per heavy atom. The van der Waals surface area contributed by atoms with Gasteiger partial charge in [0.1, 0.15) is 29.4 Å². The first-order valence-electron chi connectivity index (χ1n) is 11.2. The van der Waals surface area contributed by atoms with E-state index in [0.717, 1.165) is 0 Å². The molecule has 2 aromatic rings. The molecule has 2 heterocycles. The Bertz CT molecular complexity index is 1100. The third-order valence-electron chi connectivity index (χ3n) is 4.51. The first-order valence-corrected chi connectivity index (χ1v) is 11.2. The Hall–Kier alpha value is -4.26. The number of amides is 3. The molecule has 1 aliphatic rings. The normalized spacial score (nSPS) is 15.9. The van der Waals surface area contributed by atoms with Gasteiger partial charge >= 0.3 is 12.2 Å². The van der Waals surface area contributed by atoms with Gasteiger partial charge in [-0.25, -0.2) is 14.6 Å². The highest BCUT2D eigenvalue weighted by atomic mass is 16.6. The van der Waals surface area contributed by atoms with Crippen LogP contribution in [0.2, 0.25) is 0 Å². The smallest absolute Gasteiger partial charge is 0.415 e. The average Bonchev–Trinajstić information content (AvgIpc) is 2.82. The maximum Gasteiger partial charge on any atom is 0.415 e. The lowest BCUT2D eigenvalue weighted by Crippen LogP contribution is -2.46. The number of rotatable bonds is 6. The molecule has 1 atom stereocenters. The van der Waals surface area contributed by atoms with Crippen LogP contribution in [0.15, 0.2) is 52.7 Å². The van der Waals surface area contributed by atoms with Crippen molar-refractivity contribution in [1.82, 2.24) is 15.2 Å². The van der Waals surface area contributed by atoms with Crippen molar-refractivity contribution in [3.63, 3.8) is 0 Å². The summed E-state index contributed by atoms with van der Waals surface area (Å²) in [7, 11) is 0. The number of nitrogens with zero attached hydrogens (tertiary/aromatic N) is 4. The number of morpholine rings is 1. The average molecular weight is 500 g/mol. The van der Waals surface area contributed by atoms with E-state index >= 15 is 0 Å². The molecule has 0 saturated carbocycles. The third-order valence-corrected chi connectivity index (χ3v) is 4.51. The topological polar surface area (TPSA) is 170 Å². The van der Waals surface area contributed by atoms with Crippen molar-refractivity contribution in [3.05, 3.63) is 42.5 Å². The monoisotopic (exact) mass is 499 g/mol. The predicted octanol–water partition coefficient (Wildman–Crippen LogP) is 3.07. The number of ether oxygens (including phenoxy) is 3. The summed E-state index contributed by atoms with van der Waals surface area (Å²) in [6, 6.07) is 11.8. The van der Waals surface area contributed by atoms with Gasteiger partial charge in [0.15, 0.2) is 12.0 Å². The largest absolute Gasteiger partial charge is 0.444 e. The number of nitrogens with one attached hydrogen (secondary N) is 2. The van der Waals surface area contributed by atoms with Gasteiger partial charge in [0.25, 0.3) is 0 Å². The number of pyridine rings is 1. The van der Waals surface area contributed by atoms with Crippen molar-refractivity contribution in [2.24, 2.45) is 10.2 Å². The minimum atomic E-state index is -0.710. The van der Waals surface area contributed by atoms with Crippen LogP contribution >= 0.6 is 0 Å². The molecule has 0 spiro atoms. The molecule has 0 radical (unpaired) electrons. The minimum absolute atomic E-state index is 0.0211. The lowest BCUT2D eigenvalue weighted by molar-refractivity contribution is -0.115. The van der Waals surface area contributed by atoms with E-state index in [-0.39, 0.29) is 37.0 Å². The Morgan fingerprint density at radius 1 is 1.19 bits per heavy atom. The molecular weight excluding hydrogens is 470 g/mol. The lowest BCUT2D eigenvalue weighted by Gasteiger charge is -2.29. The van der Waals surface area contributed by atoms with Gasteiger partial charge in [0.05, 0.1) is 13.2 Å². The Kier molecular flexibility index (Phi) is 8.73. The molecule has 3 amide bonds. The SMILES string of the molecule is CC(C)(C)OC(=O)NCC(=O)Nc1ccc(N=NC2CN(C(=O)Oc3ccccc3)CCO2)c(N)n1. The number of aromatic nitrogens is 1. The van der Waals surface area contributed by atoms with E-state index in [9.17, 15) is 14.4 Å². The van der Waals surface area contributed by atoms with E-state index in [2.05, 4.69) is 25.8 Å². The number of para-hydroxylation sites is 1. The molecule has 1 saturated heterocycles. The maximum atomic E-state index is 12.4. The van der Waals surface area contributed by atoms with Gasteiger partial charge in [0.2, 0.25) is 5.91 Å². The van der Waals surface area contributed by atoms with Crippen LogP contribution in [0.5, 0.6) is 5.75 Å². The Morgan fingerprint density at radius 3 is 2.64 bits per heavy atom. The molecule has 0 aliphatic carbocycles. The molecule has 0 bridgehead atoms. The highest BCUT2D eigenvalue weighted by Gasteiger charge is 2.25. The predicted molar refractivity (Wildman–Crippen MR) is 130 cm³/mol. The zero-order chi connectivity index (χ0) is 26.1. The van der Waals surface area contributed by atoms with E-state index in [1.165, 1.54) is 17.0 Å². The number of nitrogen functional groups attached to an aromatic ring is 1.